The minimum Gasteiger partial charge on any atom is -0.322 e. The van der Waals surface area contributed by atoms with Gasteiger partial charge in [0.15, 0.2) is 0 Å². The molecular formula is C30H21F9IN3O. The normalized spacial score (nSPS) is 13.7. The Bertz CT molecular complexity index is 1570. The molecule has 4 aromatic rings. The van der Waals surface area contributed by atoms with Crippen molar-refractivity contribution >= 4 is 34.3 Å². The van der Waals surface area contributed by atoms with E-state index < -0.39 is 52.5 Å². The van der Waals surface area contributed by atoms with Crippen molar-refractivity contribution in [2.24, 2.45) is 0 Å². The number of anilines is 1. The lowest BCUT2D eigenvalue weighted by molar-refractivity contribution is -0.143. The van der Waals surface area contributed by atoms with Gasteiger partial charge >= 0.3 is 24.6 Å². The summed E-state index contributed by atoms with van der Waals surface area (Å²) >= 11 is 2.07. The molecule has 1 aromatic heterocycles. The number of nitrogens with one attached hydrogen (secondary N) is 2. The highest BCUT2D eigenvalue weighted by Gasteiger charge is 2.41. The van der Waals surface area contributed by atoms with E-state index in [1.807, 2.05) is 5.32 Å². The van der Waals surface area contributed by atoms with Gasteiger partial charge in [0, 0.05) is 22.7 Å². The molecule has 0 aliphatic carbocycles. The average Bonchev–Trinajstić information content (AvgIpc) is 2.96. The SMILES string of the molecule is O=C(Nc1cc(C(F)(F)F)cc(C(F)(F)F)c1)NC(Cc1ccccc1)(c1cccc(C(F)(F)F)c1)c1ccc(CI)cn1. The molecule has 2 amide bonds. The number of amides is 2. The zero-order valence-corrected chi connectivity index (χ0v) is 24.4. The quantitative estimate of drug-likeness (QED) is 0.113. The largest absolute Gasteiger partial charge is 0.416 e. The molecule has 0 saturated heterocycles. The Morgan fingerprint density at radius 2 is 1.23 bits per heavy atom. The zero-order chi connectivity index (χ0) is 32.3. The van der Waals surface area contributed by atoms with Gasteiger partial charge < -0.3 is 10.6 Å². The Kier molecular flexibility index (Phi) is 9.51. The second kappa shape index (κ2) is 12.7. The molecule has 44 heavy (non-hydrogen) atoms. The van der Waals surface area contributed by atoms with Gasteiger partial charge in [0.25, 0.3) is 0 Å². The number of aromatic nitrogens is 1. The Morgan fingerprint density at radius 1 is 0.659 bits per heavy atom. The number of pyridine rings is 1. The third-order valence-corrected chi connectivity index (χ3v) is 7.46. The first kappa shape index (κ1) is 33.1. The van der Waals surface area contributed by atoms with Crippen molar-refractivity contribution in [1.29, 1.82) is 0 Å². The molecule has 1 atom stereocenters. The van der Waals surface area contributed by atoms with E-state index >= 15 is 0 Å². The van der Waals surface area contributed by atoms with Crippen LogP contribution in [0, 0.1) is 0 Å². The van der Waals surface area contributed by atoms with Gasteiger partial charge in [-0.15, -0.1) is 0 Å². The number of benzene rings is 3. The number of hydrogen-bond donors (Lipinski definition) is 2. The predicted molar refractivity (Wildman–Crippen MR) is 153 cm³/mol. The molecule has 14 heteroatoms. The van der Waals surface area contributed by atoms with Crippen LogP contribution in [0.25, 0.3) is 0 Å². The summed E-state index contributed by atoms with van der Waals surface area (Å²) in [5.41, 5.74) is -5.81. The first-order valence-corrected chi connectivity index (χ1v) is 14.2. The van der Waals surface area contributed by atoms with Crippen molar-refractivity contribution in [2.45, 2.75) is 34.9 Å². The van der Waals surface area contributed by atoms with Crippen LogP contribution in [-0.4, -0.2) is 11.0 Å². The van der Waals surface area contributed by atoms with Gasteiger partial charge in [-0.2, -0.15) is 39.5 Å². The van der Waals surface area contributed by atoms with Crippen molar-refractivity contribution in [1.82, 2.24) is 10.3 Å². The maximum absolute atomic E-state index is 13.8. The van der Waals surface area contributed by atoms with E-state index in [1.54, 1.807) is 36.4 Å². The molecule has 0 aliphatic rings. The van der Waals surface area contributed by atoms with E-state index in [4.69, 9.17) is 0 Å². The second-order valence-electron chi connectivity index (χ2n) is 9.71. The highest BCUT2D eigenvalue weighted by Crippen LogP contribution is 2.39. The van der Waals surface area contributed by atoms with Crippen molar-refractivity contribution < 1.29 is 44.3 Å². The summed E-state index contributed by atoms with van der Waals surface area (Å²) in [6, 6.07) is 14.8. The van der Waals surface area contributed by atoms with Crippen LogP contribution in [0.3, 0.4) is 0 Å². The number of nitrogens with zero attached hydrogens (tertiary/aromatic N) is 1. The third kappa shape index (κ3) is 7.81. The maximum atomic E-state index is 13.8. The highest BCUT2D eigenvalue weighted by atomic mass is 127. The zero-order valence-electron chi connectivity index (χ0n) is 22.2. The van der Waals surface area contributed by atoms with Crippen LogP contribution in [0.4, 0.5) is 50.0 Å². The molecule has 0 spiro atoms. The lowest BCUT2D eigenvalue weighted by atomic mass is 9.80. The first-order valence-electron chi connectivity index (χ1n) is 12.6. The molecule has 3 aromatic carbocycles. The monoisotopic (exact) mass is 737 g/mol. The van der Waals surface area contributed by atoms with Gasteiger partial charge in [0.2, 0.25) is 0 Å². The van der Waals surface area contributed by atoms with Gasteiger partial charge in [0.05, 0.1) is 22.4 Å². The number of alkyl halides is 10. The van der Waals surface area contributed by atoms with Crippen LogP contribution in [0.5, 0.6) is 0 Å². The molecule has 1 unspecified atom stereocenters. The number of rotatable bonds is 7. The van der Waals surface area contributed by atoms with E-state index in [0.717, 1.165) is 23.8 Å². The third-order valence-electron chi connectivity index (χ3n) is 6.58. The van der Waals surface area contributed by atoms with E-state index in [9.17, 15) is 44.3 Å². The van der Waals surface area contributed by atoms with Crippen molar-refractivity contribution in [3.8, 4) is 0 Å². The minimum atomic E-state index is -5.17. The van der Waals surface area contributed by atoms with Gasteiger partial charge in [0.1, 0.15) is 5.54 Å². The molecule has 1 heterocycles. The molecular weight excluding hydrogens is 716 g/mol. The predicted octanol–water partition coefficient (Wildman–Crippen LogP) is 9.38. The number of urea groups is 1. The molecule has 0 fully saturated rings. The smallest absolute Gasteiger partial charge is 0.322 e. The van der Waals surface area contributed by atoms with E-state index in [2.05, 4.69) is 32.9 Å². The number of hydrogen-bond acceptors (Lipinski definition) is 2. The van der Waals surface area contributed by atoms with Crippen LogP contribution >= 0.6 is 22.6 Å². The van der Waals surface area contributed by atoms with Gasteiger partial charge in [-0.3, -0.25) is 4.98 Å². The molecule has 4 rings (SSSR count). The topological polar surface area (TPSA) is 54.0 Å². The molecule has 0 radical (unpaired) electrons. The Labute approximate surface area is 258 Å². The van der Waals surface area contributed by atoms with Crippen LogP contribution in [0.15, 0.2) is 91.1 Å². The van der Waals surface area contributed by atoms with E-state index in [-0.39, 0.29) is 23.7 Å². The second-order valence-corrected chi connectivity index (χ2v) is 10.5. The highest BCUT2D eigenvalue weighted by molar-refractivity contribution is 14.1. The number of carbonyl (C=O) groups excluding carboxylic acids is 1. The fourth-order valence-corrected chi connectivity index (χ4v) is 4.97. The van der Waals surface area contributed by atoms with Crippen molar-refractivity contribution in [3.05, 3.63) is 130 Å². The Balaban J connectivity index is 1.88. The van der Waals surface area contributed by atoms with Crippen LogP contribution in [0.2, 0.25) is 0 Å². The fourth-order valence-electron chi connectivity index (χ4n) is 4.52. The molecule has 0 aliphatic heterocycles. The Morgan fingerprint density at radius 3 is 1.75 bits per heavy atom. The summed E-state index contributed by atoms with van der Waals surface area (Å²) in [5.74, 6) is 0. The van der Waals surface area contributed by atoms with Crippen LogP contribution < -0.4 is 10.6 Å². The fraction of sp³-hybridized carbons (Fsp3) is 0.200. The molecule has 2 N–H and O–H groups in total. The van der Waals surface area contributed by atoms with Gasteiger partial charge in [-0.25, -0.2) is 4.79 Å². The Hall–Kier alpha value is -3.82. The van der Waals surface area contributed by atoms with Crippen LogP contribution in [0.1, 0.15) is 39.1 Å². The summed E-state index contributed by atoms with van der Waals surface area (Å²) in [4.78, 5) is 17.9. The summed E-state index contributed by atoms with van der Waals surface area (Å²) in [6.07, 6.45) is -13.9. The van der Waals surface area contributed by atoms with E-state index in [0.29, 0.717) is 22.1 Å². The van der Waals surface area contributed by atoms with Gasteiger partial charge in [-0.05, 0) is 53.1 Å². The maximum Gasteiger partial charge on any atom is 0.416 e. The lowest BCUT2D eigenvalue weighted by Gasteiger charge is -2.36. The van der Waals surface area contributed by atoms with Gasteiger partial charge in [-0.1, -0.05) is 71.1 Å². The first-order chi connectivity index (χ1) is 20.5. The molecule has 232 valence electrons. The molecule has 0 saturated carbocycles. The lowest BCUT2D eigenvalue weighted by Crippen LogP contribution is -2.50. The minimum absolute atomic E-state index is 0.0736. The average molecular weight is 737 g/mol. The summed E-state index contributed by atoms with van der Waals surface area (Å²) in [5, 5.41) is 4.56. The summed E-state index contributed by atoms with van der Waals surface area (Å²) < 4.78 is 123. The number of halogens is 10. The van der Waals surface area contributed by atoms with Crippen molar-refractivity contribution in [3.63, 3.8) is 0 Å². The molecule has 0 bridgehead atoms. The standard InChI is InChI=1S/C30H21F9IN3O/c31-28(32,33)21-8-4-7-20(11-21)27(15-18-5-2-1-3-6-18,25-10-9-19(16-40)17-41-25)43-26(44)42-24-13-22(29(34,35)36)12-23(14-24)30(37,38)39/h1-14,17H,15-16H2,(H2,42,43,44). The number of carbonyl (C=O) groups is 1. The van der Waals surface area contributed by atoms with Crippen molar-refractivity contribution in [2.75, 3.05) is 5.32 Å². The van der Waals surface area contributed by atoms with E-state index in [1.165, 1.54) is 18.3 Å². The molecule has 4 nitrogen and oxygen atoms in total. The summed E-state index contributed by atoms with van der Waals surface area (Å²) in [6.45, 7) is 0. The summed E-state index contributed by atoms with van der Waals surface area (Å²) in [7, 11) is 0. The van der Waals surface area contributed by atoms with Crippen LogP contribution in [-0.2, 0) is 34.9 Å².